The van der Waals surface area contributed by atoms with Crippen molar-refractivity contribution in [3.63, 3.8) is 0 Å². The van der Waals surface area contributed by atoms with E-state index in [1.165, 1.54) is 0 Å². The maximum absolute atomic E-state index is 11.8. The Labute approximate surface area is 105 Å². The fourth-order valence-corrected chi connectivity index (χ4v) is 3.34. The van der Waals surface area contributed by atoms with Crippen LogP contribution in [0.5, 0.6) is 0 Å². The van der Waals surface area contributed by atoms with Crippen molar-refractivity contribution in [2.24, 2.45) is 11.8 Å². The summed E-state index contributed by atoms with van der Waals surface area (Å²) in [6, 6.07) is 0.444. The Kier molecular flexibility index (Phi) is 4.25. The normalized spacial score (nSPS) is 35.8. The summed E-state index contributed by atoms with van der Waals surface area (Å²) in [6.07, 6.45) is 5.01. The Morgan fingerprint density at radius 1 is 1.25 bits per heavy atom. The first kappa shape index (κ1) is 12.4. The minimum Gasteiger partial charge on any atom is -0.396 e. The highest BCUT2D eigenvalue weighted by atomic mass is 79.9. The van der Waals surface area contributed by atoms with Crippen molar-refractivity contribution in [2.45, 2.75) is 38.1 Å². The van der Waals surface area contributed by atoms with Gasteiger partial charge in [0.1, 0.15) is 0 Å². The van der Waals surface area contributed by atoms with Gasteiger partial charge in [0.15, 0.2) is 0 Å². The highest BCUT2D eigenvalue weighted by Gasteiger charge is 2.35. The standard InChI is InChI=1S/C12H20BrNO2/c13-6-10-5-12(16)14(7-10)11-3-1-9(8-15)2-4-11/h9-11,15H,1-8H2. The Balaban J connectivity index is 1.87. The molecule has 4 heteroatoms. The minimum absolute atomic E-state index is 0.310. The second-order valence-electron chi connectivity index (χ2n) is 5.13. The molecule has 2 aliphatic rings. The lowest BCUT2D eigenvalue weighted by molar-refractivity contribution is -0.130. The smallest absolute Gasteiger partial charge is 0.223 e. The maximum Gasteiger partial charge on any atom is 0.223 e. The number of aliphatic hydroxyl groups excluding tert-OH is 1. The number of hydrogen-bond donors (Lipinski definition) is 1. The molecule has 0 aromatic rings. The molecule has 0 aromatic heterocycles. The van der Waals surface area contributed by atoms with Crippen molar-refractivity contribution in [1.29, 1.82) is 0 Å². The van der Waals surface area contributed by atoms with E-state index in [9.17, 15) is 4.79 Å². The van der Waals surface area contributed by atoms with Crippen LogP contribution >= 0.6 is 15.9 Å². The number of carbonyl (C=O) groups excluding carboxylic acids is 1. The van der Waals surface area contributed by atoms with E-state index in [0.717, 1.165) is 37.6 Å². The molecule has 1 saturated carbocycles. The molecule has 1 heterocycles. The maximum atomic E-state index is 11.8. The fourth-order valence-electron chi connectivity index (χ4n) is 2.90. The first-order valence-corrected chi connectivity index (χ1v) is 7.33. The number of alkyl halides is 1. The van der Waals surface area contributed by atoms with Gasteiger partial charge in [-0.05, 0) is 37.5 Å². The van der Waals surface area contributed by atoms with Crippen molar-refractivity contribution in [3.05, 3.63) is 0 Å². The van der Waals surface area contributed by atoms with Gasteiger partial charge >= 0.3 is 0 Å². The van der Waals surface area contributed by atoms with E-state index in [2.05, 4.69) is 20.8 Å². The molecule has 0 radical (unpaired) electrons. The van der Waals surface area contributed by atoms with Crippen LogP contribution in [0, 0.1) is 11.8 Å². The summed E-state index contributed by atoms with van der Waals surface area (Å²) >= 11 is 3.46. The third-order valence-corrected chi connectivity index (χ3v) is 4.89. The third kappa shape index (κ3) is 2.59. The highest BCUT2D eigenvalue weighted by Crippen LogP contribution is 2.31. The molecule has 3 nitrogen and oxygen atoms in total. The van der Waals surface area contributed by atoms with Gasteiger partial charge in [-0.3, -0.25) is 4.79 Å². The molecule has 1 aliphatic carbocycles. The van der Waals surface area contributed by atoms with Crippen molar-refractivity contribution >= 4 is 21.8 Å². The van der Waals surface area contributed by atoms with Gasteiger partial charge in [-0.2, -0.15) is 0 Å². The SMILES string of the molecule is O=C1CC(CBr)CN1C1CCC(CO)CC1. The number of carbonyl (C=O) groups is 1. The quantitative estimate of drug-likeness (QED) is 0.805. The Morgan fingerprint density at radius 2 is 1.94 bits per heavy atom. The molecule has 0 bridgehead atoms. The topological polar surface area (TPSA) is 40.5 Å². The summed E-state index contributed by atoms with van der Waals surface area (Å²) in [5.74, 6) is 1.31. The van der Waals surface area contributed by atoms with E-state index in [4.69, 9.17) is 5.11 Å². The molecule has 2 rings (SSSR count). The first-order valence-electron chi connectivity index (χ1n) is 6.21. The van der Waals surface area contributed by atoms with Gasteiger partial charge in [0, 0.05) is 30.9 Å². The zero-order chi connectivity index (χ0) is 11.5. The van der Waals surface area contributed by atoms with Crippen molar-refractivity contribution in [2.75, 3.05) is 18.5 Å². The Morgan fingerprint density at radius 3 is 2.44 bits per heavy atom. The Bertz CT molecular complexity index is 251. The summed E-state index contributed by atoms with van der Waals surface area (Å²) in [4.78, 5) is 13.9. The number of likely N-dealkylation sites (tertiary alicyclic amines) is 1. The molecule has 1 N–H and O–H groups in total. The summed E-state index contributed by atoms with van der Waals surface area (Å²) in [6.45, 7) is 1.24. The molecule has 1 unspecified atom stereocenters. The van der Waals surface area contributed by atoms with Crippen LogP contribution in [0.15, 0.2) is 0 Å². The van der Waals surface area contributed by atoms with E-state index >= 15 is 0 Å². The summed E-state index contributed by atoms with van der Waals surface area (Å²) in [7, 11) is 0. The predicted octanol–water partition coefficient (Wildman–Crippen LogP) is 1.78. The van der Waals surface area contributed by atoms with Gasteiger partial charge in [0.05, 0.1) is 0 Å². The number of nitrogens with zero attached hydrogens (tertiary/aromatic N) is 1. The Hall–Kier alpha value is -0.0900. The molecule has 16 heavy (non-hydrogen) atoms. The molecular weight excluding hydrogens is 270 g/mol. The zero-order valence-electron chi connectivity index (χ0n) is 9.57. The van der Waals surface area contributed by atoms with Gasteiger partial charge in [0.25, 0.3) is 0 Å². The molecule has 0 spiro atoms. The molecule has 92 valence electrons. The summed E-state index contributed by atoms with van der Waals surface area (Å²) in [5, 5.41) is 10.0. The van der Waals surface area contributed by atoms with Crippen molar-refractivity contribution < 1.29 is 9.90 Å². The van der Waals surface area contributed by atoms with Gasteiger partial charge in [-0.1, -0.05) is 15.9 Å². The van der Waals surface area contributed by atoms with E-state index in [1.807, 2.05) is 0 Å². The molecule has 1 amide bonds. The summed E-state index contributed by atoms with van der Waals surface area (Å²) < 4.78 is 0. The predicted molar refractivity (Wildman–Crippen MR) is 66.4 cm³/mol. The molecular formula is C12H20BrNO2. The largest absolute Gasteiger partial charge is 0.396 e. The fraction of sp³-hybridized carbons (Fsp3) is 0.917. The number of aliphatic hydroxyl groups is 1. The average molecular weight is 290 g/mol. The van der Waals surface area contributed by atoms with Gasteiger partial charge in [0.2, 0.25) is 5.91 Å². The molecule has 1 atom stereocenters. The van der Waals surface area contributed by atoms with Crippen LogP contribution in [-0.4, -0.2) is 40.4 Å². The van der Waals surface area contributed by atoms with E-state index in [-0.39, 0.29) is 0 Å². The lowest BCUT2D eigenvalue weighted by atomic mass is 9.86. The second kappa shape index (κ2) is 5.50. The monoisotopic (exact) mass is 289 g/mol. The van der Waals surface area contributed by atoms with Crippen molar-refractivity contribution in [1.82, 2.24) is 4.90 Å². The van der Waals surface area contributed by atoms with Gasteiger partial charge in [-0.25, -0.2) is 0 Å². The van der Waals surface area contributed by atoms with Crippen LogP contribution < -0.4 is 0 Å². The van der Waals surface area contributed by atoms with Crippen molar-refractivity contribution in [3.8, 4) is 0 Å². The lowest BCUT2D eigenvalue weighted by Crippen LogP contribution is -2.39. The third-order valence-electron chi connectivity index (χ3n) is 3.97. The molecule has 1 aliphatic heterocycles. The second-order valence-corrected chi connectivity index (χ2v) is 5.78. The number of rotatable bonds is 3. The van der Waals surface area contributed by atoms with Crippen LogP contribution in [-0.2, 0) is 4.79 Å². The van der Waals surface area contributed by atoms with Crippen LogP contribution in [0.25, 0.3) is 0 Å². The van der Waals surface area contributed by atoms with E-state index in [0.29, 0.717) is 36.8 Å². The van der Waals surface area contributed by atoms with Gasteiger partial charge < -0.3 is 10.0 Å². The van der Waals surface area contributed by atoms with Crippen LogP contribution in [0.2, 0.25) is 0 Å². The highest BCUT2D eigenvalue weighted by molar-refractivity contribution is 9.09. The minimum atomic E-state index is 0.310. The zero-order valence-corrected chi connectivity index (χ0v) is 11.2. The number of halogens is 1. The molecule has 1 saturated heterocycles. The van der Waals surface area contributed by atoms with Gasteiger partial charge in [-0.15, -0.1) is 0 Å². The van der Waals surface area contributed by atoms with E-state index in [1.54, 1.807) is 0 Å². The summed E-state index contributed by atoms with van der Waals surface area (Å²) in [5.41, 5.74) is 0. The van der Waals surface area contributed by atoms with Crippen LogP contribution in [0.3, 0.4) is 0 Å². The number of amides is 1. The van der Waals surface area contributed by atoms with Crippen LogP contribution in [0.4, 0.5) is 0 Å². The molecule has 2 fully saturated rings. The average Bonchev–Trinajstić information content (AvgIpc) is 2.71. The molecule has 0 aromatic carbocycles. The first-order chi connectivity index (χ1) is 7.74. The number of hydrogen-bond acceptors (Lipinski definition) is 2. The lowest BCUT2D eigenvalue weighted by Gasteiger charge is -2.34. The van der Waals surface area contributed by atoms with E-state index < -0.39 is 0 Å². The van der Waals surface area contributed by atoms with Crippen LogP contribution in [0.1, 0.15) is 32.1 Å².